The number of aliphatic hydroxyl groups excluding tert-OH is 3. The lowest BCUT2D eigenvalue weighted by Crippen LogP contribution is -2.65. The summed E-state index contributed by atoms with van der Waals surface area (Å²) in [5.74, 6) is 0.341. The number of rotatable bonds is 4. The number of aliphatic hydroxyl groups is 3. The number of methoxy groups -OCH3 is 1. The molecule has 5 aliphatic rings. The highest BCUT2D eigenvalue weighted by Crippen LogP contribution is 2.63. The topological polar surface area (TPSA) is 129 Å². The van der Waals surface area contributed by atoms with Crippen molar-refractivity contribution >= 4 is 17.7 Å². The van der Waals surface area contributed by atoms with E-state index < -0.39 is 35.8 Å². The van der Waals surface area contributed by atoms with E-state index in [-0.39, 0.29) is 22.7 Å². The largest absolute Gasteiger partial charge is 0.493 e. The van der Waals surface area contributed by atoms with Gasteiger partial charge < -0.3 is 39.5 Å². The molecule has 2 aliphatic carbocycles. The highest BCUT2D eigenvalue weighted by molar-refractivity contribution is 8.00. The number of aliphatic carboxylic acids is 1. The lowest BCUT2D eigenvalue weighted by atomic mass is 9.53. The summed E-state index contributed by atoms with van der Waals surface area (Å²) in [6.07, 6.45) is -0.518. The van der Waals surface area contributed by atoms with E-state index in [9.17, 15) is 25.2 Å². The predicted molar refractivity (Wildman–Crippen MR) is 122 cm³/mol. The van der Waals surface area contributed by atoms with Gasteiger partial charge in [0, 0.05) is 22.9 Å². The number of carboxylic acids is 1. The number of hydrogen-bond donors (Lipinski definition) is 4. The number of benzene rings is 1. The number of nitrogens with zero attached hydrogens (tertiary/aromatic N) is 1. The van der Waals surface area contributed by atoms with E-state index in [1.807, 2.05) is 6.07 Å². The third kappa shape index (κ3) is 2.90. The van der Waals surface area contributed by atoms with Crippen molar-refractivity contribution in [2.45, 2.75) is 65.5 Å². The first-order chi connectivity index (χ1) is 16.3. The Morgan fingerprint density at radius 2 is 2.00 bits per heavy atom. The van der Waals surface area contributed by atoms with Crippen molar-refractivity contribution in [2.24, 2.45) is 5.92 Å². The summed E-state index contributed by atoms with van der Waals surface area (Å²) in [7, 11) is 3.80. The zero-order chi connectivity index (χ0) is 23.9. The second-order valence-corrected chi connectivity index (χ2v) is 11.2. The lowest BCUT2D eigenvalue weighted by molar-refractivity contribution is -0.209. The Hall–Kier alpha value is -1.82. The number of piperidine rings is 1. The standard InChI is InChI=1S/C24H29NO8S/c1-25-8-7-24-11-4-6-14(34-23-18(28)16(26)17(27)20(33-23)22(29)30)21(24)32-19-13(31-2)5-3-10(15(19)24)9-12(11)25/h3-6,11-12,14,16-18,20-21,23,26-28H,7-9H2,1-2H3,(H,29,30)/t11-,12+,14+,16-,17-,18+,20-,21-,23-,24-/m0/s1. The van der Waals surface area contributed by atoms with E-state index in [1.165, 1.54) is 22.9 Å². The van der Waals surface area contributed by atoms with Gasteiger partial charge in [0.25, 0.3) is 0 Å². The second kappa shape index (κ2) is 7.84. The normalized spacial score (nSPS) is 44.3. The van der Waals surface area contributed by atoms with Gasteiger partial charge >= 0.3 is 5.97 Å². The number of thioether (sulfide) groups is 1. The fraction of sp³-hybridized carbons (Fsp3) is 0.625. The summed E-state index contributed by atoms with van der Waals surface area (Å²) in [5.41, 5.74) is 1.18. The maximum absolute atomic E-state index is 11.6. The molecule has 6 rings (SSSR count). The van der Waals surface area contributed by atoms with Crippen LogP contribution in [0.25, 0.3) is 0 Å². The summed E-state index contributed by atoms with van der Waals surface area (Å²) >= 11 is 1.24. The average molecular weight is 492 g/mol. The van der Waals surface area contributed by atoms with Crippen molar-refractivity contribution in [3.05, 3.63) is 35.4 Å². The highest BCUT2D eigenvalue weighted by Gasteiger charge is 2.65. The van der Waals surface area contributed by atoms with Gasteiger partial charge in [-0.3, -0.25) is 0 Å². The Morgan fingerprint density at radius 3 is 2.74 bits per heavy atom. The molecule has 0 amide bonds. The molecule has 0 unspecified atom stereocenters. The number of likely N-dealkylation sites (N-methyl/N-ethyl adjacent to an activating group) is 1. The van der Waals surface area contributed by atoms with Gasteiger partial charge in [-0.2, -0.15) is 0 Å². The summed E-state index contributed by atoms with van der Waals surface area (Å²) < 4.78 is 17.9. The molecule has 3 aliphatic heterocycles. The minimum atomic E-state index is -1.71. The Morgan fingerprint density at radius 1 is 1.21 bits per heavy atom. The molecule has 2 fully saturated rings. The van der Waals surface area contributed by atoms with Crippen molar-refractivity contribution in [3.63, 3.8) is 0 Å². The van der Waals surface area contributed by atoms with Crippen LogP contribution in [0.2, 0.25) is 0 Å². The van der Waals surface area contributed by atoms with Gasteiger partial charge in [0.2, 0.25) is 0 Å². The van der Waals surface area contributed by atoms with Gasteiger partial charge in [-0.15, -0.1) is 11.8 Å². The van der Waals surface area contributed by atoms with Crippen LogP contribution >= 0.6 is 11.8 Å². The maximum Gasteiger partial charge on any atom is 0.335 e. The fourth-order valence-electron chi connectivity index (χ4n) is 6.81. The van der Waals surface area contributed by atoms with Gasteiger partial charge in [-0.05, 0) is 38.1 Å². The van der Waals surface area contributed by atoms with Crippen LogP contribution in [0, 0.1) is 5.92 Å². The molecule has 1 aromatic rings. The van der Waals surface area contributed by atoms with E-state index in [1.54, 1.807) is 7.11 Å². The zero-order valence-electron chi connectivity index (χ0n) is 18.9. The lowest BCUT2D eigenvalue weighted by Gasteiger charge is -2.57. The van der Waals surface area contributed by atoms with Crippen LogP contribution in [0.1, 0.15) is 17.5 Å². The van der Waals surface area contributed by atoms with Crippen molar-refractivity contribution in [1.29, 1.82) is 0 Å². The van der Waals surface area contributed by atoms with E-state index >= 15 is 0 Å². The van der Waals surface area contributed by atoms with E-state index in [0.717, 1.165) is 25.1 Å². The number of hydrogen-bond acceptors (Lipinski definition) is 9. The smallest absolute Gasteiger partial charge is 0.335 e. The van der Waals surface area contributed by atoms with Crippen LogP contribution in [0.15, 0.2) is 24.3 Å². The number of carboxylic acid groups (broad SMARTS) is 1. The number of likely N-dealkylation sites (tertiary alicyclic amines) is 1. The Kier molecular flexibility index (Phi) is 5.22. The molecule has 1 aromatic carbocycles. The van der Waals surface area contributed by atoms with Crippen LogP contribution in [-0.2, 0) is 21.4 Å². The van der Waals surface area contributed by atoms with Gasteiger partial charge in [0.05, 0.1) is 12.4 Å². The molecule has 10 heteroatoms. The first-order valence-electron chi connectivity index (χ1n) is 11.6. The molecule has 1 spiro atoms. The molecule has 3 heterocycles. The van der Waals surface area contributed by atoms with Crippen LogP contribution in [0.4, 0.5) is 0 Å². The van der Waals surface area contributed by atoms with E-state index in [2.05, 4.69) is 30.2 Å². The van der Waals surface area contributed by atoms with Crippen LogP contribution in [-0.4, -0.2) is 99.2 Å². The van der Waals surface area contributed by atoms with E-state index in [0.29, 0.717) is 11.8 Å². The number of ether oxygens (including phenoxy) is 3. The third-order valence-corrected chi connectivity index (χ3v) is 9.82. The molecule has 0 radical (unpaired) electrons. The molecule has 2 bridgehead atoms. The first kappa shape index (κ1) is 22.6. The molecule has 34 heavy (non-hydrogen) atoms. The molecule has 4 N–H and O–H groups in total. The van der Waals surface area contributed by atoms with Gasteiger partial charge in [0.1, 0.15) is 29.9 Å². The summed E-state index contributed by atoms with van der Waals surface area (Å²) in [6, 6.07) is 4.44. The van der Waals surface area contributed by atoms with Gasteiger partial charge in [0.15, 0.2) is 17.6 Å². The van der Waals surface area contributed by atoms with Crippen molar-refractivity contribution < 1.29 is 39.4 Å². The minimum absolute atomic E-state index is 0.255. The van der Waals surface area contributed by atoms with Crippen LogP contribution in [0.3, 0.4) is 0 Å². The molecule has 9 nitrogen and oxygen atoms in total. The minimum Gasteiger partial charge on any atom is -0.493 e. The summed E-state index contributed by atoms with van der Waals surface area (Å²) in [5, 5.41) is 40.1. The third-order valence-electron chi connectivity index (χ3n) is 8.44. The molecule has 10 atom stereocenters. The van der Waals surface area contributed by atoms with Gasteiger partial charge in [-0.25, -0.2) is 4.79 Å². The Labute approximate surface area is 201 Å². The zero-order valence-corrected chi connectivity index (χ0v) is 19.7. The number of carbonyl (C=O) groups is 1. The quantitative estimate of drug-likeness (QED) is 0.432. The highest BCUT2D eigenvalue weighted by atomic mass is 32.2. The second-order valence-electron chi connectivity index (χ2n) is 9.96. The molecule has 0 saturated carbocycles. The van der Waals surface area contributed by atoms with Crippen molar-refractivity contribution in [2.75, 3.05) is 20.7 Å². The molecule has 2 saturated heterocycles. The fourth-order valence-corrected chi connectivity index (χ4v) is 8.24. The maximum atomic E-state index is 11.6. The first-order valence-corrected chi connectivity index (χ1v) is 12.6. The molecular formula is C24H29NO8S. The average Bonchev–Trinajstić information content (AvgIpc) is 3.17. The van der Waals surface area contributed by atoms with Crippen LogP contribution in [0.5, 0.6) is 11.5 Å². The van der Waals surface area contributed by atoms with Crippen molar-refractivity contribution in [1.82, 2.24) is 4.90 Å². The summed E-state index contributed by atoms with van der Waals surface area (Å²) in [4.78, 5) is 14.0. The van der Waals surface area contributed by atoms with Gasteiger partial charge in [-0.1, -0.05) is 18.2 Å². The Bertz CT molecular complexity index is 1050. The SMILES string of the molecule is COc1ccc2c3c1O[C@H]1[C@H](S[C@@H]4O[C@H](C(=O)O)[C@@H](O)[C@H](O)[C@H]4O)C=C[C@H]4[C@@H](C2)N(C)CC[C@@]341. The molecule has 0 aromatic heterocycles. The summed E-state index contributed by atoms with van der Waals surface area (Å²) in [6.45, 7) is 0.927. The van der Waals surface area contributed by atoms with E-state index in [4.69, 9.17) is 14.2 Å². The molecular weight excluding hydrogens is 462 g/mol. The predicted octanol–water partition coefficient (Wildman–Crippen LogP) is 0.134. The monoisotopic (exact) mass is 491 g/mol. The Balaban J connectivity index is 1.39. The van der Waals surface area contributed by atoms with Crippen LogP contribution < -0.4 is 9.47 Å². The van der Waals surface area contributed by atoms with Crippen molar-refractivity contribution in [3.8, 4) is 11.5 Å². The molecule has 184 valence electrons.